The second-order valence-corrected chi connectivity index (χ2v) is 15.5. The van der Waals surface area contributed by atoms with Crippen LogP contribution in [0.25, 0.3) is 11.1 Å². The monoisotopic (exact) mass is 796 g/mol. The number of benzene rings is 4. The molecule has 4 aliphatic heterocycles. The number of carbonyl (C=O) groups excluding carboxylic acids is 2. The quantitative estimate of drug-likeness (QED) is 0.196. The van der Waals surface area contributed by atoms with Crippen molar-refractivity contribution in [3.05, 3.63) is 129 Å². The van der Waals surface area contributed by atoms with E-state index in [4.69, 9.17) is 42.4 Å². The number of carboxylic acids is 1. The summed E-state index contributed by atoms with van der Waals surface area (Å²) < 4.78 is 10.5. The van der Waals surface area contributed by atoms with Crippen LogP contribution < -0.4 is 5.32 Å². The van der Waals surface area contributed by atoms with Gasteiger partial charge in [0.05, 0.1) is 25.1 Å². The van der Waals surface area contributed by atoms with E-state index in [-0.39, 0.29) is 37.5 Å². The van der Waals surface area contributed by atoms with Crippen LogP contribution in [0, 0.1) is 0 Å². The second kappa shape index (κ2) is 15.2. The number of carboxylic acid groups (broad SMARTS) is 1. The highest BCUT2D eigenvalue weighted by Crippen LogP contribution is 2.45. The summed E-state index contributed by atoms with van der Waals surface area (Å²) in [7, 11) is 1.39. The fourth-order valence-electron chi connectivity index (χ4n) is 8.26. The van der Waals surface area contributed by atoms with Gasteiger partial charge in [0.2, 0.25) is 0 Å². The molecule has 4 heterocycles. The van der Waals surface area contributed by atoms with Crippen LogP contribution in [-0.2, 0) is 28.7 Å². The molecule has 288 valence electrons. The van der Waals surface area contributed by atoms with Crippen LogP contribution in [0.3, 0.4) is 0 Å². The average Bonchev–Trinajstić information content (AvgIpc) is 4.05. The van der Waals surface area contributed by atoms with Gasteiger partial charge in [-0.15, -0.1) is 0 Å². The fraction of sp³-hybridized carbons (Fsp3) is 0.310. The number of nitrogens with one attached hydrogen (secondary N) is 1. The first-order valence-corrected chi connectivity index (χ1v) is 19.0. The molecule has 2 fully saturated rings. The Morgan fingerprint density at radius 1 is 0.821 bits per heavy atom. The molecular formula is C42H38Cl2N4O8. The van der Waals surface area contributed by atoms with Gasteiger partial charge >= 0.3 is 18.0 Å². The van der Waals surface area contributed by atoms with Crippen LogP contribution >= 0.6 is 23.2 Å². The molecule has 9 rings (SSSR count). The van der Waals surface area contributed by atoms with Crippen molar-refractivity contribution in [1.29, 1.82) is 0 Å². The van der Waals surface area contributed by atoms with Crippen molar-refractivity contribution in [2.75, 3.05) is 26.8 Å². The Kier molecular flexibility index (Phi) is 10.2. The molecule has 0 aromatic heterocycles. The minimum absolute atomic E-state index is 0.0776. The number of methoxy groups -OCH3 is 1. The van der Waals surface area contributed by atoms with E-state index in [2.05, 4.69) is 27.8 Å². The first-order valence-electron chi connectivity index (χ1n) is 18.2. The Bertz CT molecular complexity index is 2220. The van der Waals surface area contributed by atoms with Gasteiger partial charge in [-0.05, 0) is 46.5 Å². The Hall–Kier alpha value is -5.43. The zero-order chi connectivity index (χ0) is 39.0. The number of fused-ring (bicyclic) bond motifs is 3. The van der Waals surface area contributed by atoms with Crippen LogP contribution in [0.15, 0.2) is 107 Å². The maximum atomic E-state index is 13.2. The molecule has 0 radical (unpaired) electrons. The van der Waals surface area contributed by atoms with Gasteiger partial charge in [-0.2, -0.15) is 0 Å². The third-order valence-electron chi connectivity index (χ3n) is 11.0. The lowest BCUT2D eigenvalue weighted by Crippen LogP contribution is -2.42. The highest BCUT2D eigenvalue weighted by atomic mass is 35.5. The maximum Gasteiger partial charge on any atom is 0.410 e. The van der Waals surface area contributed by atoms with E-state index in [1.807, 2.05) is 72.8 Å². The molecule has 1 amide bonds. The third-order valence-corrected chi connectivity index (χ3v) is 11.5. The molecule has 1 aliphatic carbocycles. The summed E-state index contributed by atoms with van der Waals surface area (Å²) in [5.74, 6) is -1.47. The van der Waals surface area contributed by atoms with Gasteiger partial charge in [-0.25, -0.2) is 9.59 Å². The van der Waals surface area contributed by atoms with Crippen molar-refractivity contribution in [2.45, 2.75) is 54.9 Å². The van der Waals surface area contributed by atoms with Crippen molar-refractivity contribution >= 4 is 52.7 Å². The summed E-state index contributed by atoms with van der Waals surface area (Å²) >= 11 is 12.1. The number of esters is 1. The highest BCUT2D eigenvalue weighted by molar-refractivity contribution is 6.31. The summed E-state index contributed by atoms with van der Waals surface area (Å²) in [6.07, 6.45) is 1.06. The lowest BCUT2D eigenvalue weighted by atomic mass is 9.92. The third kappa shape index (κ3) is 7.32. The zero-order valence-electron chi connectivity index (χ0n) is 30.3. The number of hydrogen-bond acceptors (Lipinski definition) is 10. The predicted octanol–water partition coefficient (Wildman–Crippen LogP) is 7.05. The number of amides is 1. The van der Waals surface area contributed by atoms with Gasteiger partial charge < -0.3 is 29.6 Å². The van der Waals surface area contributed by atoms with E-state index >= 15 is 0 Å². The lowest BCUT2D eigenvalue weighted by Gasteiger charge is -2.23. The number of likely N-dealkylation sites (tertiary alicyclic amines) is 1. The van der Waals surface area contributed by atoms with E-state index in [1.54, 1.807) is 12.1 Å². The topological polar surface area (TPSA) is 148 Å². The maximum absolute atomic E-state index is 13.2. The van der Waals surface area contributed by atoms with E-state index in [9.17, 15) is 19.5 Å². The van der Waals surface area contributed by atoms with Gasteiger partial charge in [0, 0.05) is 59.3 Å². The molecule has 4 atom stereocenters. The van der Waals surface area contributed by atoms with E-state index in [0.717, 1.165) is 39.1 Å². The number of aliphatic carboxylic acids is 1. The predicted molar refractivity (Wildman–Crippen MR) is 209 cm³/mol. The lowest BCUT2D eigenvalue weighted by molar-refractivity contribution is -0.143. The SMILES string of the molecule is COC(=O)[C@@H]1C[C@@]2(CN1)CC(c1cccc(Cl)c1)=NO2.O=C(O)[C@@H]1C[C@]2(CC(c3cccc(Cl)c3)=NO2)CN1C(=O)OCC1c2ccccc2-c2ccccc21. The first-order chi connectivity index (χ1) is 27.1. The normalized spacial score (nSPS) is 24.4. The van der Waals surface area contributed by atoms with Gasteiger partial charge in [-0.3, -0.25) is 9.69 Å². The molecular weight excluding hydrogens is 759 g/mol. The minimum Gasteiger partial charge on any atom is -0.480 e. The van der Waals surface area contributed by atoms with Crippen LogP contribution in [-0.4, -0.2) is 89.6 Å². The molecule has 2 saturated heterocycles. The molecule has 2 N–H and O–H groups in total. The molecule has 14 heteroatoms. The molecule has 0 saturated carbocycles. The number of carbonyl (C=O) groups is 3. The van der Waals surface area contributed by atoms with Gasteiger partial charge in [0.15, 0.2) is 11.2 Å². The van der Waals surface area contributed by atoms with Crippen LogP contribution in [0.1, 0.15) is 53.9 Å². The molecule has 4 aromatic rings. The van der Waals surface area contributed by atoms with Crippen molar-refractivity contribution in [3.8, 4) is 11.1 Å². The second-order valence-electron chi connectivity index (χ2n) is 14.6. The summed E-state index contributed by atoms with van der Waals surface area (Å²) in [5.41, 5.74) is 6.39. The van der Waals surface area contributed by atoms with Crippen LogP contribution in [0.2, 0.25) is 10.0 Å². The van der Waals surface area contributed by atoms with Crippen molar-refractivity contribution in [2.24, 2.45) is 10.3 Å². The Labute approximate surface area is 332 Å². The number of oxime groups is 2. The number of nitrogens with zero attached hydrogens (tertiary/aromatic N) is 3. The van der Waals surface area contributed by atoms with Crippen molar-refractivity contribution < 1.29 is 38.6 Å². The van der Waals surface area contributed by atoms with Crippen LogP contribution in [0.4, 0.5) is 4.79 Å². The number of ether oxygens (including phenoxy) is 2. The molecule has 4 aromatic carbocycles. The summed E-state index contributed by atoms with van der Waals surface area (Å²) in [5, 5.41) is 22.6. The average molecular weight is 798 g/mol. The van der Waals surface area contributed by atoms with Crippen LogP contribution in [0.5, 0.6) is 0 Å². The Balaban J connectivity index is 0.000000186. The largest absolute Gasteiger partial charge is 0.480 e. The molecule has 5 aliphatic rings. The molecule has 2 spiro atoms. The first kappa shape index (κ1) is 37.5. The van der Waals surface area contributed by atoms with Gasteiger partial charge in [0.25, 0.3) is 0 Å². The number of halogens is 2. The minimum atomic E-state index is -1.10. The van der Waals surface area contributed by atoms with Gasteiger partial charge in [0.1, 0.15) is 18.7 Å². The summed E-state index contributed by atoms with van der Waals surface area (Å²) in [6.45, 7) is 0.780. The Morgan fingerprint density at radius 3 is 1.96 bits per heavy atom. The summed E-state index contributed by atoms with van der Waals surface area (Å²) in [6, 6.07) is 29.5. The molecule has 0 unspecified atom stereocenters. The molecule has 12 nitrogen and oxygen atoms in total. The summed E-state index contributed by atoms with van der Waals surface area (Å²) in [4.78, 5) is 49.5. The Morgan fingerprint density at radius 2 is 1.39 bits per heavy atom. The highest BCUT2D eigenvalue weighted by Gasteiger charge is 2.55. The van der Waals surface area contributed by atoms with Crippen molar-refractivity contribution in [3.63, 3.8) is 0 Å². The molecule has 0 bridgehead atoms. The van der Waals surface area contributed by atoms with Crippen molar-refractivity contribution in [1.82, 2.24) is 10.2 Å². The van der Waals surface area contributed by atoms with E-state index in [0.29, 0.717) is 41.6 Å². The fourth-order valence-corrected chi connectivity index (χ4v) is 8.64. The number of rotatable bonds is 6. The van der Waals surface area contributed by atoms with Gasteiger partial charge in [-0.1, -0.05) is 106 Å². The number of hydrogen-bond donors (Lipinski definition) is 2. The standard InChI is InChI=1S/C28H23ClN2O5.C14H15ClN2O3/c29-18-7-5-6-17(12-18)24-13-28(36-30-24)14-25(26(32)33)31(16-28)27(34)35-15-23-21-10-3-1-8-19(21)20-9-2-4-11-22(20)23;1-19-13(18)12-7-14(8-16-12)6-11(17-20-14)9-3-2-4-10(15)5-9/h1-12,23,25H,13-16H2,(H,32,33);2-5,12,16H,6-8H2,1H3/t25-,28+;12-,14+/m00/s1. The molecule has 56 heavy (non-hydrogen) atoms. The zero-order valence-corrected chi connectivity index (χ0v) is 31.8. The van der Waals surface area contributed by atoms with E-state index < -0.39 is 29.3 Å². The van der Waals surface area contributed by atoms with E-state index in [1.165, 1.54) is 12.0 Å². The smallest absolute Gasteiger partial charge is 0.410 e.